The van der Waals surface area contributed by atoms with Gasteiger partial charge in [-0.05, 0) is 86.0 Å². The first-order chi connectivity index (χ1) is 14.0. The number of hydrogen-bond donors (Lipinski definition) is 0. The Hall–Kier alpha value is -3.73. The van der Waals surface area contributed by atoms with E-state index >= 15 is 0 Å². The molecule has 0 aliphatic carbocycles. The van der Waals surface area contributed by atoms with Crippen LogP contribution in [-0.2, 0) is 0 Å². The molecule has 4 aromatic rings. The summed E-state index contributed by atoms with van der Waals surface area (Å²) < 4.78 is 0. The van der Waals surface area contributed by atoms with E-state index in [0.29, 0.717) is 5.56 Å². The van der Waals surface area contributed by atoms with Gasteiger partial charge in [0.05, 0.1) is 22.8 Å². The summed E-state index contributed by atoms with van der Waals surface area (Å²) in [7, 11) is 0. The minimum absolute atomic E-state index is 0.614. The average Bonchev–Trinajstić information content (AvgIpc) is 2.74. The lowest BCUT2D eigenvalue weighted by atomic mass is 10.1. The van der Waals surface area contributed by atoms with Gasteiger partial charge in [-0.2, -0.15) is 0 Å². The number of carbonyl (C=O) groups is 1. The Labute approximate surface area is 170 Å². The molecule has 0 saturated carbocycles. The molecule has 0 aliphatic rings. The van der Waals surface area contributed by atoms with Crippen molar-refractivity contribution in [1.82, 2.24) is 19.9 Å². The number of carbonyl (C=O) groups excluding carboxylic acids is 1. The van der Waals surface area contributed by atoms with Crippen molar-refractivity contribution in [3.8, 4) is 22.8 Å². The first kappa shape index (κ1) is 20.0. The third-order valence-electron chi connectivity index (χ3n) is 4.19. The molecule has 4 heterocycles. The van der Waals surface area contributed by atoms with E-state index in [-0.39, 0.29) is 0 Å². The summed E-state index contributed by atoms with van der Waals surface area (Å²) in [6.07, 6.45) is 7.79. The van der Waals surface area contributed by atoms with Gasteiger partial charge in [0.1, 0.15) is 6.29 Å². The van der Waals surface area contributed by atoms with E-state index in [1.54, 1.807) is 24.5 Å². The molecule has 0 aliphatic heterocycles. The molecule has 0 unspecified atom stereocenters. The van der Waals surface area contributed by atoms with Crippen LogP contribution in [0.4, 0.5) is 0 Å². The smallest absolute Gasteiger partial charge is 0.150 e. The van der Waals surface area contributed by atoms with E-state index < -0.39 is 0 Å². The van der Waals surface area contributed by atoms with Crippen molar-refractivity contribution in [3.05, 3.63) is 95.6 Å². The van der Waals surface area contributed by atoms with Crippen LogP contribution < -0.4 is 0 Å². The molecule has 0 atom stereocenters. The summed E-state index contributed by atoms with van der Waals surface area (Å²) >= 11 is 0. The maximum atomic E-state index is 10.6. The zero-order valence-corrected chi connectivity index (χ0v) is 16.7. The van der Waals surface area contributed by atoms with Crippen LogP contribution >= 0.6 is 0 Å². The standard InChI is InChI=1S/C12H10N2O.C12H12N2/c1-9-2-4-13-11(6-9)12-7-10(8-15)3-5-14-12;1-9-3-5-13-11(7-9)12-8-10(2)4-6-14-12/h2-8H,1H3;3-8H,1-2H3. The normalized spacial score (nSPS) is 10.0. The number of aryl methyl sites for hydroxylation is 3. The van der Waals surface area contributed by atoms with E-state index in [1.165, 1.54) is 11.1 Å². The third kappa shape index (κ3) is 5.62. The van der Waals surface area contributed by atoms with Gasteiger partial charge in [-0.1, -0.05) is 0 Å². The predicted octanol–water partition coefficient (Wildman–Crippen LogP) is 5.02. The van der Waals surface area contributed by atoms with Crippen molar-refractivity contribution in [2.45, 2.75) is 20.8 Å². The number of hydrogen-bond acceptors (Lipinski definition) is 5. The summed E-state index contributed by atoms with van der Waals surface area (Å²) in [5, 5.41) is 0. The fraction of sp³-hybridized carbons (Fsp3) is 0.125. The Kier molecular flexibility index (Phi) is 6.53. The molecule has 5 nitrogen and oxygen atoms in total. The number of aromatic nitrogens is 4. The van der Waals surface area contributed by atoms with Gasteiger partial charge in [0.25, 0.3) is 0 Å². The van der Waals surface area contributed by atoms with Crippen LogP contribution in [-0.4, -0.2) is 26.2 Å². The summed E-state index contributed by atoms with van der Waals surface area (Å²) in [5.41, 5.74) is 7.54. The monoisotopic (exact) mass is 382 g/mol. The maximum absolute atomic E-state index is 10.6. The van der Waals surface area contributed by atoms with E-state index in [1.807, 2.05) is 55.7 Å². The van der Waals surface area contributed by atoms with Gasteiger partial charge in [0.15, 0.2) is 0 Å². The molecule has 29 heavy (non-hydrogen) atoms. The van der Waals surface area contributed by atoms with Gasteiger partial charge < -0.3 is 0 Å². The molecule has 0 radical (unpaired) electrons. The lowest BCUT2D eigenvalue weighted by Crippen LogP contribution is -1.89. The van der Waals surface area contributed by atoms with Crippen LogP contribution in [0.5, 0.6) is 0 Å². The second kappa shape index (κ2) is 9.46. The lowest BCUT2D eigenvalue weighted by molar-refractivity contribution is 0.112. The number of pyridine rings is 4. The second-order valence-corrected chi connectivity index (χ2v) is 6.75. The van der Waals surface area contributed by atoms with Crippen molar-refractivity contribution < 1.29 is 4.79 Å². The molecule has 0 fully saturated rings. The highest BCUT2D eigenvalue weighted by molar-refractivity contribution is 5.76. The molecule has 0 spiro atoms. The molecule has 4 aromatic heterocycles. The van der Waals surface area contributed by atoms with Crippen molar-refractivity contribution in [1.29, 1.82) is 0 Å². The van der Waals surface area contributed by atoms with E-state index in [2.05, 4.69) is 33.8 Å². The third-order valence-corrected chi connectivity index (χ3v) is 4.19. The number of aldehydes is 1. The quantitative estimate of drug-likeness (QED) is 0.465. The first-order valence-electron chi connectivity index (χ1n) is 9.25. The van der Waals surface area contributed by atoms with E-state index in [4.69, 9.17) is 0 Å². The van der Waals surface area contributed by atoms with Crippen LogP contribution in [0.25, 0.3) is 22.8 Å². The van der Waals surface area contributed by atoms with Crippen LogP contribution in [0.1, 0.15) is 27.0 Å². The number of nitrogens with zero attached hydrogens (tertiary/aromatic N) is 4. The Morgan fingerprint density at radius 3 is 1.24 bits per heavy atom. The van der Waals surface area contributed by atoms with Gasteiger partial charge in [-0.25, -0.2) is 0 Å². The van der Waals surface area contributed by atoms with E-state index in [9.17, 15) is 4.79 Å². The van der Waals surface area contributed by atoms with Crippen molar-refractivity contribution >= 4 is 6.29 Å². The molecular formula is C24H22N4O. The molecule has 0 aromatic carbocycles. The number of rotatable bonds is 3. The summed E-state index contributed by atoms with van der Waals surface area (Å²) in [4.78, 5) is 27.6. The lowest BCUT2D eigenvalue weighted by Gasteiger charge is -2.01. The Morgan fingerprint density at radius 2 is 0.897 bits per heavy atom. The minimum Gasteiger partial charge on any atom is -0.298 e. The zero-order chi connectivity index (χ0) is 20.6. The van der Waals surface area contributed by atoms with Crippen LogP contribution in [0.3, 0.4) is 0 Å². The highest BCUT2D eigenvalue weighted by atomic mass is 16.1. The van der Waals surface area contributed by atoms with Gasteiger partial charge >= 0.3 is 0 Å². The van der Waals surface area contributed by atoms with Gasteiger partial charge in [-0.15, -0.1) is 0 Å². The highest BCUT2D eigenvalue weighted by Crippen LogP contribution is 2.16. The first-order valence-corrected chi connectivity index (χ1v) is 9.25. The minimum atomic E-state index is 0.614. The Balaban J connectivity index is 0.000000166. The molecule has 0 amide bonds. The molecule has 0 N–H and O–H groups in total. The van der Waals surface area contributed by atoms with Crippen molar-refractivity contribution in [3.63, 3.8) is 0 Å². The van der Waals surface area contributed by atoms with Crippen LogP contribution in [0, 0.1) is 20.8 Å². The molecular weight excluding hydrogens is 360 g/mol. The van der Waals surface area contributed by atoms with Crippen molar-refractivity contribution in [2.24, 2.45) is 0 Å². The maximum Gasteiger partial charge on any atom is 0.150 e. The highest BCUT2D eigenvalue weighted by Gasteiger charge is 2.02. The van der Waals surface area contributed by atoms with Gasteiger partial charge in [-0.3, -0.25) is 24.7 Å². The Bertz CT molecular complexity index is 1080. The van der Waals surface area contributed by atoms with Crippen LogP contribution in [0.2, 0.25) is 0 Å². The summed E-state index contributed by atoms with van der Waals surface area (Å²) in [5.74, 6) is 0. The SMILES string of the molecule is Cc1ccnc(-c2cc(C)ccn2)c1.Cc1ccnc(-c2cc(C=O)ccn2)c1. The summed E-state index contributed by atoms with van der Waals surface area (Å²) in [6, 6.07) is 15.3. The summed E-state index contributed by atoms with van der Waals surface area (Å²) in [6.45, 7) is 6.11. The molecule has 0 saturated heterocycles. The van der Waals surface area contributed by atoms with Gasteiger partial charge in [0.2, 0.25) is 0 Å². The largest absolute Gasteiger partial charge is 0.298 e. The van der Waals surface area contributed by atoms with Crippen molar-refractivity contribution in [2.75, 3.05) is 0 Å². The van der Waals surface area contributed by atoms with Crippen LogP contribution in [0.15, 0.2) is 73.3 Å². The average molecular weight is 382 g/mol. The van der Waals surface area contributed by atoms with Gasteiger partial charge in [0, 0.05) is 30.4 Å². The second-order valence-electron chi connectivity index (χ2n) is 6.75. The molecule has 4 rings (SSSR count). The zero-order valence-electron chi connectivity index (χ0n) is 16.7. The molecule has 5 heteroatoms. The predicted molar refractivity (Wildman–Crippen MR) is 115 cm³/mol. The molecule has 0 bridgehead atoms. The molecule has 144 valence electrons. The Morgan fingerprint density at radius 1 is 0.552 bits per heavy atom. The fourth-order valence-electron chi connectivity index (χ4n) is 2.69. The van der Waals surface area contributed by atoms with E-state index in [0.717, 1.165) is 34.6 Å². The topological polar surface area (TPSA) is 68.6 Å². The fourth-order valence-corrected chi connectivity index (χ4v) is 2.69.